The van der Waals surface area contributed by atoms with Gasteiger partial charge in [-0.2, -0.15) is 0 Å². The van der Waals surface area contributed by atoms with E-state index in [9.17, 15) is 4.39 Å². The molecule has 1 N–H and O–H groups in total. The standard InChI is InChI=1S/C13H19FN2/c1-10-9-15-7-8-16(10)11(2)12-3-5-13(14)6-4-12/h3-6,10-11,15H,7-9H2,1-2H3. The van der Waals surface area contributed by atoms with Crippen molar-refractivity contribution >= 4 is 0 Å². The summed E-state index contributed by atoms with van der Waals surface area (Å²) in [5.41, 5.74) is 1.19. The van der Waals surface area contributed by atoms with E-state index in [1.165, 1.54) is 5.56 Å². The van der Waals surface area contributed by atoms with Crippen LogP contribution in [0.3, 0.4) is 0 Å². The highest BCUT2D eigenvalue weighted by Gasteiger charge is 2.23. The van der Waals surface area contributed by atoms with Gasteiger partial charge < -0.3 is 5.32 Å². The van der Waals surface area contributed by atoms with Gasteiger partial charge in [-0.05, 0) is 31.5 Å². The average Bonchev–Trinajstić information content (AvgIpc) is 2.30. The highest BCUT2D eigenvalue weighted by atomic mass is 19.1. The summed E-state index contributed by atoms with van der Waals surface area (Å²) in [6.45, 7) is 7.54. The minimum absolute atomic E-state index is 0.163. The number of benzene rings is 1. The van der Waals surface area contributed by atoms with E-state index >= 15 is 0 Å². The van der Waals surface area contributed by atoms with Gasteiger partial charge in [-0.1, -0.05) is 12.1 Å². The van der Waals surface area contributed by atoms with Crippen molar-refractivity contribution in [2.24, 2.45) is 0 Å². The van der Waals surface area contributed by atoms with E-state index in [1.54, 1.807) is 12.1 Å². The maximum absolute atomic E-state index is 12.8. The van der Waals surface area contributed by atoms with Gasteiger partial charge in [0.25, 0.3) is 0 Å². The van der Waals surface area contributed by atoms with Crippen molar-refractivity contribution in [3.8, 4) is 0 Å². The Hall–Kier alpha value is -0.930. The number of rotatable bonds is 2. The van der Waals surface area contributed by atoms with Crippen LogP contribution in [-0.2, 0) is 0 Å². The summed E-state index contributed by atoms with van der Waals surface area (Å²) in [6.07, 6.45) is 0. The lowest BCUT2D eigenvalue weighted by Crippen LogP contribution is -2.50. The van der Waals surface area contributed by atoms with Gasteiger partial charge >= 0.3 is 0 Å². The van der Waals surface area contributed by atoms with E-state index in [-0.39, 0.29) is 5.82 Å². The van der Waals surface area contributed by atoms with E-state index in [0.29, 0.717) is 12.1 Å². The van der Waals surface area contributed by atoms with Gasteiger partial charge in [0.1, 0.15) is 5.82 Å². The monoisotopic (exact) mass is 222 g/mol. The highest BCUT2D eigenvalue weighted by molar-refractivity contribution is 5.19. The first kappa shape index (κ1) is 11.6. The first-order valence-electron chi connectivity index (χ1n) is 5.90. The van der Waals surface area contributed by atoms with Gasteiger partial charge in [-0.25, -0.2) is 4.39 Å². The summed E-state index contributed by atoms with van der Waals surface area (Å²) in [5.74, 6) is -0.163. The van der Waals surface area contributed by atoms with E-state index in [0.717, 1.165) is 19.6 Å². The largest absolute Gasteiger partial charge is 0.314 e. The van der Waals surface area contributed by atoms with E-state index in [4.69, 9.17) is 0 Å². The molecule has 0 aliphatic carbocycles. The third-order valence-corrected chi connectivity index (χ3v) is 3.40. The van der Waals surface area contributed by atoms with Gasteiger partial charge in [0.05, 0.1) is 0 Å². The summed E-state index contributed by atoms with van der Waals surface area (Å²) in [4.78, 5) is 2.46. The van der Waals surface area contributed by atoms with Crippen LogP contribution in [-0.4, -0.2) is 30.6 Å². The van der Waals surface area contributed by atoms with Crippen molar-refractivity contribution in [1.29, 1.82) is 0 Å². The summed E-state index contributed by atoms with van der Waals surface area (Å²) in [6, 6.07) is 7.74. The van der Waals surface area contributed by atoms with Gasteiger partial charge in [-0.15, -0.1) is 0 Å². The van der Waals surface area contributed by atoms with Crippen LogP contribution >= 0.6 is 0 Å². The fourth-order valence-corrected chi connectivity index (χ4v) is 2.36. The second kappa shape index (κ2) is 4.93. The predicted octanol–water partition coefficient (Wildman–Crippen LogP) is 2.18. The number of halogens is 1. The Kier molecular flexibility index (Phi) is 3.56. The smallest absolute Gasteiger partial charge is 0.123 e. The van der Waals surface area contributed by atoms with Crippen LogP contribution < -0.4 is 5.32 Å². The van der Waals surface area contributed by atoms with Crippen molar-refractivity contribution in [3.05, 3.63) is 35.6 Å². The molecule has 2 rings (SSSR count). The summed E-state index contributed by atoms with van der Waals surface area (Å²) in [5, 5.41) is 3.38. The second-order valence-electron chi connectivity index (χ2n) is 4.52. The lowest BCUT2D eigenvalue weighted by Gasteiger charge is -2.38. The van der Waals surface area contributed by atoms with Crippen molar-refractivity contribution in [3.63, 3.8) is 0 Å². The molecular formula is C13H19FN2. The topological polar surface area (TPSA) is 15.3 Å². The Balaban J connectivity index is 2.11. The molecule has 1 aromatic carbocycles. The lowest BCUT2D eigenvalue weighted by molar-refractivity contribution is 0.126. The number of hydrogen-bond acceptors (Lipinski definition) is 2. The van der Waals surface area contributed by atoms with Crippen LogP contribution in [0.5, 0.6) is 0 Å². The molecular weight excluding hydrogens is 203 g/mol. The van der Waals surface area contributed by atoms with Gasteiger partial charge in [-0.3, -0.25) is 4.90 Å². The van der Waals surface area contributed by atoms with Gasteiger partial charge in [0.2, 0.25) is 0 Å². The molecule has 1 heterocycles. The zero-order chi connectivity index (χ0) is 11.5. The summed E-state index contributed by atoms with van der Waals surface area (Å²) >= 11 is 0. The summed E-state index contributed by atoms with van der Waals surface area (Å²) in [7, 11) is 0. The number of nitrogens with zero attached hydrogens (tertiary/aromatic N) is 1. The Labute approximate surface area is 96.5 Å². The van der Waals surface area contributed by atoms with Crippen LogP contribution in [0.4, 0.5) is 4.39 Å². The molecule has 0 amide bonds. The zero-order valence-electron chi connectivity index (χ0n) is 9.91. The maximum atomic E-state index is 12.8. The Bertz CT molecular complexity index is 336. The molecule has 16 heavy (non-hydrogen) atoms. The molecule has 3 heteroatoms. The molecule has 1 aromatic rings. The van der Waals surface area contributed by atoms with Crippen LogP contribution in [0, 0.1) is 5.82 Å². The fourth-order valence-electron chi connectivity index (χ4n) is 2.36. The van der Waals surface area contributed by atoms with Gasteiger partial charge in [0, 0.05) is 31.7 Å². The van der Waals surface area contributed by atoms with Crippen LogP contribution in [0.15, 0.2) is 24.3 Å². The molecule has 1 saturated heterocycles. The quantitative estimate of drug-likeness (QED) is 0.825. The summed E-state index contributed by atoms with van der Waals surface area (Å²) < 4.78 is 12.8. The zero-order valence-corrected chi connectivity index (χ0v) is 9.91. The molecule has 88 valence electrons. The number of nitrogens with one attached hydrogen (secondary N) is 1. The van der Waals surface area contributed by atoms with Crippen molar-refractivity contribution in [1.82, 2.24) is 10.2 Å². The SMILES string of the molecule is CC1CNCCN1C(C)c1ccc(F)cc1. The van der Waals surface area contributed by atoms with Crippen LogP contribution in [0.25, 0.3) is 0 Å². The Morgan fingerprint density at radius 2 is 2.06 bits per heavy atom. The second-order valence-corrected chi connectivity index (χ2v) is 4.52. The average molecular weight is 222 g/mol. The third-order valence-electron chi connectivity index (χ3n) is 3.40. The molecule has 0 saturated carbocycles. The van der Waals surface area contributed by atoms with Crippen LogP contribution in [0.2, 0.25) is 0 Å². The first-order chi connectivity index (χ1) is 7.68. The molecule has 2 nitrogen and oxygen atoms in total. The normalized spacial score (nSPS) is 24.3. The van der Waals surface area contributed by atoms with E-state index in [1.807, 2.05) is 12.1 Å². The van der Waals surface area contributed by atoms with Gasteiger partial charge in [0.15, 0.2) is 0 Å². The molecule has 1 aliphatic heterocycles. The lowest BCUT2D eigenvalue weighted by atomic mass is 10.0. The minimum Gasteiger partial charge on any atom is -0.314 e. The number of piperazine rings is 1. The highest BCUT2D eigenvalue weighted by Crippen LogP contribution is 2.23. The molecule has 1 aliphatic rings. The van der Waals surface area contributed by atoms with Crippen molar-refractivity contribution in [2.45, 2.75) is 25.9 Å². The van der Waals surface area contributed by atoms with E-state index < -0.39 is 0 Å². The molecule has 0 aromatic heterocycles. The predicted molar refractivity (Wildman–Crippen MR) is 63.9 cm³/mol. The van der Waals surface area contributed by atoms with Crippen molar-refractivity contribution in [2.75, 3.05) is 19.6 Å². The fraction of sp³-hybridized carbons (Fsp3) is 0.538. The Morgan fingerprint density at radius 3 is 2.69 bits per heavy atom. The minimum atomic E-state index is -0.163. The maximum Gasteiger partial charge on any atom is 0.123 e. The van der Waals surface area contributed by atoms with Crippen LogP contribution in [0.1, 0.15) is 25.5 Å². The van der Waals surface area contributed by atoms with E-state index in [2.05, 4.69) is 24.1 Å². The molecule has 2 unspecified atom stereocenters. The molecule has 2 atom stereocenters. The Morgan fingerprint density at radius 1 is 1.38 bits per heavy atom. The van der Waals surface area contributed by atoms with Crippen molar-refractivity contribution < 1.29 is 4.39 Å². The molecule has 0 radical (unpaired) electrons. The third kappa shape index (κ3) is 2.42. The molecule has 0 bridgehead atoms. The molecule has 0 spiro atoms. The number of hydrogen-bond donors (Lipinski definition) is 1. The molecule has 1 fully saturated rings. The first-order valence-corrected chi connectivity index (χ1v) is 5.90.